The van der Waals surface area contributed by atoms with Crippen molar-refractivity contribution in [3.63, 3.8) is 0 Å². The number of carbonyl (C=O) groups excluding carboxylic acids is 1. The minimum absolute atomic E-state index is 0.0247. The zero-order valence-electron chi connectivity index (χ0n) is 12.3. The Bertz CT molecular complexity index is 762. The lowest BCUT2D eigenvalue weighted by Gasteiger charge is -2.12. The number of aryl methyl sites for hydroxylation is 2. The van der Waals surface area contributed by atoms with Crippen molar-refractivity contribution in [1.29, 1.82) is 0 Å². The molecule has 2 aromatic carbocycles. The van der Waals surface area contributed by atoms with Crippen LogP contribution in [0.25, 0.3) is 0 Å². The Kier molecular flexibility index (Phi) is 3.67. The molecule has 1 N–H and O–H groups in total. The van der Waals surface area contributed by atoms with Crippen molar-refractivity contribution in [2.24, 2.45) is 0 Å². The minimum Gasteiger partial charge on any atom is -0.496 e. The van der Waals surface area contributed by atoms with Gasteiger partial charge in [-0.1, -0.05) is 30.3 Å². The normalized spacial score (nSPS) is 13.0. The summed E-state index contributed by atoms with van der Waals surface area (Å²) in [5.41, 5.74) is 3.85. The van der Waals surface area contributed by atoms with E-state index in [0.717, 1.165) is 17.5 Å². The van der Waals surface area contributed by atoms with Gasteiger partial charge in [-0.05, 0) is 30.0 Å². The van der Waals surface area contributed by atoms with E-state index in [-0.39, 0.29) is 12.2 Å². The smallest absolute Gasteiger partial charge is 0.307 e. The van der Waals surface area contributed by atoms with Crippen molar-refractivity contribution < 1.29 is 19.4 Å². The second kappa shape index (κ2) is 5.64. The SMILES string of the molecule is COc1cc2c(cc1CC(=O)O)CCc1ccccc1C2=O. The lowest BCUT2D eigenvalue weighted by Crippen LogP contribution is -2.08. The molecule has 0 aromatic heterocycles. The predicted molar refractivity (Wildman–Crippen MR) is 81.6 cm³/mol. The summed E-state index contributed by atoms with van der Waals surface area (Å²) in [6, 6.07) is 11.1. The monoisotopic (exact) mass is 296 g/mol. The third-order valence-electron chi connectivity index (χ3n) is 4.02. The van der Waals surface area contributed by atoms with E-state index in [1.807, 2.05) is 24.3 Å². The van der Waals surface area contributed by atoms with Crippen LogP contribution < -0.4 is 4.74 Å². The van der Waals surface area contributed by atoms with Gasteiger partial charge in [0.15, 0.2) is 5.78 Å². The molecule has 0 amide bonds. The highest BCUT2D eigenvalue weighted by Gasteiger charge is 2.23. The number of methoxy groups -OCH3 is 1. The Labute approximate surface area is 128 Å². The second-order valence-electron chi connectivity index (χ2n) is 5.38. The lowest BCUT2D eigenvalue weighted by molar-refractivity contribution is -0.136. The van der Waals surface area contributed by atoms with Gasteiger partial charge in [-0.15, -0.1) is 0 Å². The highest BCUT2D eigenvalue weighted by Crippen LogP contribution is 2.30. The van der Waals surface area contributed by atoms with Crippen LogP contribution >= 0.6 is 0 Å². The molecule has 0 spiro atoms. The molecular formula is C18H16O4. The summed E-state index contributed by atoms with van der Waals surface area (Å²) in [6.07, 6.45) is 1.38. The Morgan fingerprint density at radius 3 is 2.59 bits per heavy atom. The molecule has 4 heteroatoms. The maximum absolute atomic E-state index is 12.8. The van der Waals surface area contributed by atoms with Crippen LogP contribution in [0.15, 0.2) is 36.4 Å². The number of fused-ring (bicyclic) bond motifs is 2. The second-order valence-corrected chi connectivity index (χ2v) is 5.38. The van der Waals surface area contributed by atoms with Gasteiger partial charge in [0.25, 0.3) is 0 Å². The fraction of sp³-hybridized carbons (Fsp3) is 0.222. The van der Waals surface area contributed by atoms with E-state index >= 15 is 0 Å². The van der Waals surface area contributed by atoms with E-state index in [2.05, 4.69) is 0 Å². The van der Waals surface area contributed by atoms with Gasteiger partial charge in [0.2, 0.25) is 0 Å². The fourth-order valence-electron chi connectivity index (χ4n) is 2.96. The molecule has 4 nitrogen and oxygen atoms in total. The molecule has 0 heterocycles. The standard InChI is InChI=1S/C18H16O4/c1-22-16-10-15-12(8-13(16)9-17(19)20)7-6-11-4-2-3-5-14(11)18(15)21/h2-5,8,10H,6-7,9H2,1H3,(H,19,20). The number of benzene rings is 2. The number of rotatable bonds is 3. The molecule has 1 aliphatic carbocycles. The molecule has 3 rings (SSSR count). The van der Waals surface area contributed by atoms with Crippen LogP contribution in [0.1, 0.15) is 32.6 Å². The van der Waals surface area contributed by atoms with E-state index in [1.165, 1.54) is 7.11 Å². The van der Waals surface area contributed by atoms with Crippen molar-refractivity contribution in [3.8, 4) is 5.75 Å². The van der Waals surface area contributed by atoms with Gasteiger partial charge >= 0.3 is 5.97 Å². The molecule has 2 aromatic rings. The summed E-state index contributed by atoms with van der Waals surface area (Å²) >= 11 is 0. The first-order valence-electron chi connectivity index (χ1n) is 7.14. The largest absolute Gasteiger partial charge is 0.496 e. The van der Waals surface area contributed by atoms with Crippen LogP contribution in [0.4, 0.5) is 0 Å². The Morgan fingerprint density at radius 2 is 1.86 bits per heavy atom. The Hall–Kier alpha value is -2.62. The van der Waals surface area contributed by atoms with Crippen LogP contribution in [-0.2, 0) is 24.1 Å². The average Bonchev–Trinajstić information content (AvgIpc) is 2.64. The molecule has 112 valence electrons. The van der Waals surface area contributed by atoms with Gasteiger partial charge in [-0.25, -0.2) is 0 Å². The third-order valence-corrected chi connectivity index (χ3v) is 4.02. The molecule has 0 fully saturated rings. The Morgan fingerprint density at radius 1 is 1.14 bits per heavy atom. The van der Waals surface area contributed by atoms with Crippen LogP contribution in [-0.4, -0.2) is 24.0 Å². The van der Waals surface area contributed by atoms with Crippen molar-refractivity contribution >= 4 is 11.8 Å². The average molecular weight is 296 g/mol. The zero-order valence-corrected chi connectivity index (χ0v) is 12.3. The van der Waals surface area contributed by atoms with Crippen LogP contribution in [0, 0.1) is 0 Å². The maximum Gasteiger partial charge on any atom is 0.307 e. The first-order valence-corrected chi connectivity index (χ1v) is 7.14. The minimum atomic E-state index is -0.915. The third kappa shape index (κ3) is 2.48. The molecule has 0 unspecified atom stereocenters. The summed E-state index contributed by atoms with van der Waals surface area (Å²) < 4.78 is 5.27. The van der Waals surface area contributed by atoms with E-state index < -0.39 is 5.97 Å². The number of ether oxygens (including phenoxy) is 1. The number of carboxylic acids is 1. The van der Waals surface area contributed by atoms with Crippen LogP contribution in [0.5, 0.6) is 5.75 Å². The highest BCUT2D eigenvalue weighted by molar-refractivity contribution is 6.11. The summed E-state index contributed by atoms with van der Waals surface area (Å²) in [5.74, 6) is -0.487. The van der Waals surface area contributed by atoms with E-state index in [1.54, 1.807) is 12.1 Å². The van der Waals surface area contributed by atoms with Crippen molar-refractivity contribution in [2.75, 3.05) is 7.11 Å². The van der Waals surface area contributed by atoms with E-state index in [0.29, 0.717) is 28.9 Å². The van der Waals surface area contributed by atoms with Crippen LogP contribution in [0.3, 0.4) is 0 Å². The molecule has 0 saturated heterocycles. The maximum atomic E-state index is 12.8. The zero-order chi connectivity index (χ0) is 15.7. The number of hydrogen-bond acceptors (Lipinski definition) is 3. The number of carboxylic acid groups (broad SMARTS) is 1. The molecule has 0 radical (unpaired) electrons. The van der Waals surface area contributed by atoms with Crippen LogP contribution in [0.2, 0.25) is 0 Å². The first kappa shape index (κ1) is 14.3. The van der Waals surface area contributed by atoms with Gasteiger partial charge in [-0.3, -0.25) is 9.59 Å². The number of aliphatic carboxylic acids is 1. The van der Waals surface area contributed by atoms with Crippen molar-refractivity contribution in [2.45, 2.75) is 19.3 Å². The van der Waals surface area contributed by atoms with Gasteiger partial charge in [0.05, 0.1) is 13.5 Å². The molecule has 0 bridgehead atoms. The molecule has 0 atom stereocenters. The van der Waals surface area contributed by atoms with Gasteiger partial charge in [0, 0.05) is 16.7 Å². The van der Waals surface area contributed by atoms with E-state index in [9.17, 15) is 9.59 Å². The van der Waals surface area contributed by atoms with Crippen molar-refractivity contribution in [1.82, 2.24) is 0 Å². The number of ketones is 1. The summed E-state index contributed by atoms with van der Waals surface area (Å²) in [7, 11) is 1.49. The number of hydrogen-bond donors (Lipinski definition) is 1. The highest BCUT2D eigenvalue weighted by atomic mass is 16.5. The first-order chi connectivity index (χ1) is 10.6. The van der Waals surface area contributed by atoms with Gasteiger partial charge in [0.1, 0.15) is 5.75 Å². The summed E-state index contributed by atoms with van der Waals surface area (Å²) in [4.78, 5) is 23.8. The Balaban J connectivity index is 2.13. The molecular weight excluding hydrogens is 280 g/mol. The lowest BCUT2D eigenvalue weighted by atomic mass is 9.95. The summed E-state index contributed by atoms with van der Waals surface area (Å²) in [6.45, 7) is 0. The molecule has 22 heavy (non-hydrogen) atoms. The summed E-state index contributed by atoms with van der Waals surface area (Å²) in [5, 5.41) is 9.02. The quantitative estimate of drug-likeness (QED) is 0.945. The molecule has 0 aliphatic heterocycles. The van der Waals surface area contributed by atoms with E-state index in [4.69, 9.17) is 9.84 Å². The van der Waals surface area contributed by atoms with Gasteiger partial charge in [-0.2, -0.15) is 0 Å². The van der Waals surface area contributed by atoms with Crippen molar-refractivity contribution in [3.05, 3.63) is 64.2 Å². The fourth-order valence-corrected chi connectivity index (χ4v) is 2.96. The predicted octanol–water partition coefficient (Wildman–Crippen LogP) is 2.65. The number of carbonyl (C=O) groups is 2. The topological polar surface area (TPSA) is 63.6 Å². The van der Waals surface area contributed by atoms with Gasteiger partial charge < -0.3 is 9.84 Å². The molecule has 0 saturated carbocycles. The molecule has 1 aliphatic rings.